The standard InChI is InChI=1S/C27H20IN3O8S/c1-2-38-22-12-16(11-21(28)23(22)39-14-15-5-3-8-19(9-15)31(36)37)10-20-24(32)29-27(40)30(25(20)33)18-7-4-6-17(13-18)26(34)35/h3-13H,2,14H2,1H3,(H,34,35)(H,29,32,40). The lowest BCUT2D eigenvalue weighted by Crippen LogP contribution is -2.54. The fourth-order valence-electron chi connectivity index (χ4n) is 3.83. The van der Waals surface area contributed by atoms with Crippen molar-refractivity contribution >= 4 is 75.2 Å². The number of nitro benzene ring substituents is 1. The number of amides is 2. The zero-order valence-corrected chi connectivity index (χ0v) is 23.7. The SMILES string of the molecule is CCOc1cc(C=C2C(=O)NC(=S)N(c3cccc(C(=O)O)c3)C2=O)cc(I)c1OCc1cccc([N+](=O)[O-])c1. The summed E-state index contributed by atoms with van der Waals surface area (Å²) in [6.07, 6.45) is 1.38. The molecule has 40 heavy (non-hydrogen) atoms. The molecule has 204 valence electrons. The number of carbonyl (C=O) groups excluding carboxylic acids is 2. The topological polar surface area (TPSA) is 148 Å². The molecular formula is C27H20IN3O8S. The number of carboxylic acid groups (broad SMARTS) is 1. The smallest absolute Gasteiger partial charge is 0.335 e. The van der Waals surface area contributed by atoms with Gasteiger partial charge in [-0.1, -0.05) is 18.2 Å². The molecule has 0 unspecified atom stereocenters. The first-order valence-electron chi connectivity index (χ1n) is 11.7. The molecule has 2 N–H and O–H groups in total. The number of nitro groups is 1. The molecular weight excluding hydrogens is 653 g/mol. The zero-order valence-electron chi connectivity index (χ0n) is 20.8. The minimum Gasteiger partial charge on any atom is -0.490 e. The first kappa shape index (κ1) is 28.6. The summed E-state index contributed by atoms with van der Waals surface area (Å²) in [6.45, 7) is 2.12. The van der Waals surface area contributed by atoms with Crippen molar-refractivity contribution in [2.45, 2.75) is 13.5 Å². The molecule has 1 aliphatic heterocycles. The van der Waals surface area contributed by atoms with Gasteiger partial charge in [-0.05, 0) is 89.3 Å². The van der Waals surface area contributed by atoms with Crippen molar-refractivity contribution in [1.82, 2.24) is 5.32 Å². The van der Waals surface area contributed by atoms with E-state index in [2.05, 4.69) is 5.32 Å². The number of nitrogens with one attached hydrogen (secondary N) is 1. The monoisotopic (exact) mass is 673 g/mol. The van der Waals surface area contributed by atoms with E-state index in [1.165, 1.54) is 42.5 Å². The molecule has 0 spiro atoms. The Labute approximate surface area is 246 Å². The van der Waals surface area contributed by atoms with E-state index in [0.717, 1.165) is 4.90 Å². The molecule has 0 aromatic heterocycles. The number of nitrogens with zero attached hydrogens (tertiary/aromatic N) is 2. The minimum absolute atomic E-state index is 0.0426. The Kier molecular flexibility index (Phi) is 8.74. The second-order valence-electron chi connectivity index (χ2n) is 8.29. The van der Waals surface area contributed by atoms with Gasteiger partial charge >= 0.3 is 5.97 Å². The van der Waals surface area contributed by atoms with Crippen LogP contribution in [0.1, 0.15) is 28.4 Å². The highest BCUT2D eigenvalue weighted by atomic mass is 127. The molecule has 3 aromatic carbocycles. The van der Waals surface area contributed by atoms with Gasteiger partial charge in [-0.2, -0.15) is 0 Å². The highest BCUT2D eigenvalue weighted by molar-refractivity contribution is 14.1. The van der Waals surface area contributed by atoms with Crippen LogP contribution in [0, 0.1) is 13.7 Å². The van der Waals surface area contributed by atoms with Crippen LogP contribution in [-0.2, 0) is 16.2 Å². The van der Waals surface area contributed by atoms with Crippen molar-refractivity contribution in [3.8, 4) is 11.5 Å². The van der Waals surface area contributed by atoms with Crippen LogP contribution in [-0.4, -0.2) is 39.5 Å². The summed E-state index contributed by atoms with van der Waals surface area (Å²) in [6, 6.07) is 15.0. The number of rotatable bonds is 9. The lowest BCUT2D eigenvalue weighted by Gasteiger charge is -2.29. The Morgan fingerprint density at radius 3 is 2.60 bits per heavy atom. The zero-order chi connectivity index (χ0) is 29.0. The van der Waals surface area contributed by atoms with Crippen molar-refractivity contribution in [3.05, 3.63) is 96.6 Å². The summed E-state index contributed by atoms with van der Waals surface area (Å²) in [7, 11) is 0. The van der Waals surface area contributed by atoms with Crippen molar-refractivity contribution in [2.75, 3.05) is 11.5 Å². The Hall–Kier alpha value is -4.37. The van der Waals surface area contributed by atoms with E-state index in [0.29, 0.717) is 32.8 Å². The molecule has 0 atom stereocenters. The molecule has 0 radical (unpaired) electrons. The van der Waals surface area contributed by atoms with E-state index in [-0.39, 0.29) is 34.2 Å². The molecule has 1 saturated heterocycles. The predicted octanol–water partition coefficient (Wildman–Crippen LogP) is 4.71. The number of halogens is 1. The second kappa shape index (κ2) is 12.2. The normalized spacial score (nSPS) is 14.2. The fraction of sp³-hybridized carbons (Fsp3) is 0.111. The van der Waals surface area contributed by atoms with Crippen LogP contribution in [0.4, 0.5) is 11.4 Å². The summed E-state index contributed by atoms with van der Waals surface area (Å²) in [4.78, 5) is 49.2. The quantitative estimate of drug-likeness (QED) is 0.0823. The fourth-order valence-corrected chi connectivity index (χ4v) is 4.89. The van der Waals surface area contributed by atoms with Gasteiger partial charge in [0.25, 0.3) is 17.5 Å². The molecule has 4 rings (SSSR count). The summed E-state index contributed by atoms with van der Waals surface area (Å²) in [5, 5.41) is 22.7. The highest BCUT2D eigenvalue weighted by Gasteiger charge is 2.35. The van der Waals surface area contributed by atoms with Gasteiger partial charge in [0, 0.05) is 12.1 Å². The summed E-state index contributed by atoms with van der Waals surface area (Å²) in [5.74, 6) is -1.88. The average molecular weight is 673 g/mol. The van der Waals surface area contributed by atoms with Crippen LogP contribution >= 0.6 is 34.8 Å². The van der Waals surface area contributed by atoms with Crippen LogP contribution in [0.25, 0.3) is 6.08 Å². The molecule has 3 aromatic rings. The molecule has 0 saturated carbocycles. The lowest BCUT2D eigenvalue weighted by molar-refractivity contribution is -0.384. The van der Waals surface area contributed by atoms with E-state index >= 15 is 0 Å². The molecule has 0 bridgehead atoms. The molecule has 2 amide bonds. The Morgan fingerprint density at radius 2 is 1.90 bits per heavy atom. The van der Waals surface area contributed by atoms with Crippen molar-refractivity contribution in [1.29, 1.82) is 0 Å². The first-order chi connectivity index (χ1) is 19.1. The third-order valence-electron chi connectivity index (χ3n) is 5.60. The number of ether oxygens (including phenoxy) is 2. The number of non-ortho nitro benzene ring substituents is 1. The Balaban J connectivity index is 1.66. The maximum Gasteiger partial charge on any atom is 0.335 e. The van der Waals surface area contributed by atoms with E-state index in [4.69, 9.17) is 21.7 Å². The van der Waals surface area contributed by atoms with Gasteiger partial charge in [-0.25, -0.2) is 4.79 Å². The number of benzene rings is 3. The summed E-state index contributed by atoms with van der Waals surface area (Å²) < 4.78 is 12.3. The van der Waals surface area contributed by atoms with E-state index < -0.39 is 22.7 Å². The van der Waals surface area contributed by atoms with Crippen LogP contribution in [0.2, 0.25) is 0 Å². The molecule has 1 aliphatic rings. The van der Waals surface area contributed by atoms with Crippen LogP contribution in [0.5, 0.6) is 11.5 Å². The predicted molar refractivity (Wildman–Crippen MR) is 157 cm³/mol. The molecule has 1 heterocycles. The maximum absolute atomic E-state index is 13.4. The van der Waals surface area contributed by atoms with Gasteiger partial charge < -0.3 is 14.6 Å². The van der Waals surface area contributed by atoms with E-state index in [1.807, 2.05) is 22.6 Å². The summed E-state index contributed by atoms with van der Waals surface area (Å²) >= 11 is 7.23. The molecule has 1 fully saturated rings. The average Bonchev–Trinajstić information content (AvgIpc) is 2.91. The van der Waals surface area contributed by atoms with Crippen molar-refractivity contribution < 1.29 is 33.9 Å². The van der Waals surface area contributed by atoms with Crippen molar-refractivity contribution in [2.24, 2.45) is 0 Å². The Bertz CT molecular complexity index is 1590. The first-order valence-corrected chi connectivity index (χ1v) is 13.1. The highest BCUT2D eigenvalue weighted by Crippen LogP contribution is 2.36. The lowest BCUT2D eigenvalue weighted by atomic mass is 10.1. The minimum atomic E-state index is -1.18. The number of carbonyl (C=O) groups is 3. The van der Waals surface area contributed by atoms with E-state index in [1.54, 1.807) is 31.2 Å². The third kappa shape index (κ3) is 6.26. The van der Waals surface area contributed by atoms with Gasteiger partial charge in [0.1, 0.15) is 12.2 Å². The Morgan fingerprint density at radius 1 is 1.15 bits per heavy atom. The second-order valence-corrected chi connectivity index (χ2v) is 9.84. The van der Waals surface area contributed by atoms with Crippen LogP contribution < -0.4 is 19.7 Å². The van der Waals surface area contributed by atoms with Crippen molar-refractivity contribution in [3.63, 3.8) is 0 Å². The molecule has 0 aliphatic carbocycles. The molecule has 13 heteroatoms. The van der Waals surface area contributed by atoms with E-state index in [9.17, 15) is 29.6 Å². The van der Waals surface area contributed by atoms with Gasteiger partial charge in [-0.15, -0.1) is 0 Å². The molecule has 11 nitrogen and oxygen atoms in total. The number of aromatic carboxylic acids is 1. The van der Waals surface area contributed by atoms with Gasteiger partial charge in [-0.3, -0.25) is 29.9 Å². The number of hydrogen-bond donors (Lipinski definition) is 2. The third-order valence-corrected chi connectivity index (χ3v) is 6.69. The van der Waals surface area contributed by atoms with Gasteiger partial charge in [0.2, 0.25) is 0 Å². The number of hydrogen-bond acceptors (Lipinski definition) is 8. The van der Waals surface area contributed by atoms with Crippen LogP contribution in [0.15, 0.2) is 66.2 Å². The van der Waals surface area contributed by atoms with Gasteiger partial charge in [0.15, 0.2) is 16.6 Å². The summed E-state index contributed by atoms with van der Waals surface area (Å²) in [5.41, 5.74) is 0.911. The number of anilines is 1. The maximum atomic E-state index is 13.4. The number of thiocarbonyl (C=S) groups is 1. The largest absolute Gasteiger partial charge is 0.490 e. The number of carboxylic acids is 1. The van der Waals surface area contributed by atoms with Crippen LogP contribution in [0.3, 0.4) is 0 Å². The van der Waals surface area contributed by atoms with Gasteiger partial charge in [0.05, 0.1) is 26.4 Å².